The fraction of sp³-hybridized carbons (Fsp3) is 0.647. The smallest absolute Gasteiger partial charge is 0.123 e. The number of hydrogen-bond acceptors (Lipinski definition) is 1. The maximum absolute atomic E-state index is 13.0. The molecule has 0 saturated heterocycles. The Kier molecular flexibility index (Phi) is 5.84. The van der Waals surface area contributed by atoms with E-state index in [9.17, 15) is 4.39 Å². The molecule has 1 fully saturated rings. The molecule has 0 amide bonds. The lowest BCUT2D eigenvalue weighted by Crippen LogP contribution is -2.29. The number of nitrogens with one attached hydrogen (secondary N) is 1. The third kappa shape index (κ3) is 4.61. The summed E-state index contributed by atoms with van der Waals surface area (Å²) in [4.78, 5) is 0. The molecule has 106 valence electrons. The van der Waals surface area contributed by atoms with E-state index < -0.39 is 0 Å². The van der Waals surface area contributed by atoms with Gasteiger partial charge < -0.3 is 5.32 Å². The van der Waals surface area contributed by atoms with Gasteiger partial charge in [0.2, 0.25) is 0 Å². The largest absolute Gasteiger partial charge is 0.316 e. The second kappa shape index (κ2) is 7.64. The Morgan fingerprint density at radius 1 is 1.21 bits per heavy atom. The van der Waals surface area contributed by atoms with Gasteiger partial charge in [-0.15, -0.1) is 0 Å². The zero-order valence-electron chi connectivity index (χ0n) is 12.0. The molecule has 2 rings (SSSR count). The SMILES string of the molecule is CCCNCC(Cc1ccc(F)cc1)C1CCCC1. The van der Waals surface area contributed by atoms with Crippen LogP contribution in [0.5, 0.6) is 0 Å². The Morgan fingerprint density at radius 2 is 1.89 bits per heavy atom. The predicted molar refractivity (Wildman–Crippen MR) is 78.7 cm³/mol. The van der Waals surface area contributed by atoms with Crippen molar-refractivity contribution in [3.63, 3.8) is 0 Å². The molecule has 0 aliphatic heterocycles. The Balaban J connectivity index is 1.93. The number of halogens is 1. The lowest BCUT2D eigenvalue weighted by molar-refractivity contribution is 0.321. The van der Waals surface area contributed by atoms with Crippen molar-refractivity contribution >= 4 is 0 Å². The minimum Gasteiger partial charge on any atom is -0.316 e. The van der Waals surface area contributed by atoms with Crippen molar-refractivity contribution < 1.29 is 4.39 Å². The first-order chi connectivity index (χ1) is 9.29. The predicted octanol–water partition coefficient (Wildman–Crippen LogP) is 4.17. The van der Waals surface area contributed by atoms with Gasteiger partial charge in [-0.1, -0.05) is 44.7 Å². The first-order valence-electron chi connectivity index (χ1n) is 7.74. The van der Waals surface area contributed by atoms with Gasteiger partial charge >= 0.3 is 0 Å². The summed E-state index contributed by atoms with van der Waals surface area (Å²) in [7, 11) is 0. The van der Waals surface area contributed by atoms with Gasteiger partial charge in [-0.05, 0) is 55.5 Å². The summed E-state index contributed by atoms with van der Waals surface area (Å²) in [5, 5.41) is 3.57. The fourth-order valence-corrected chi connectivity index (χ4v) is 3.22. The van der Waals surface area contributed by atoms with Crippen LogP contribution in [0.1, 0.15) is 44.6 Å². The monoisotopic (exact) mass is 263 g/mol. The van der Waals surface area contributed by atoms with Crippen LogP contribution in [0.25, 0.3) is 0 Å². The summed E-state index contributed by atoms with van der Waals surface area (Å²) in [6, 6.07) is 7.05. The lowest BCUT2D eigenvalue weighted by Gasteiger charge is -2.24. The summed E-state index contributed by atoms with van der Waals surface area (Å²) < 4.78 is 13.0. The molecule has 0 spiro atoms. The summed E-state index contributed by atoms with van der Waals surface area (Å²) in [5.41, 5.74) is 1.27. The van der Waals surface area contributed by atoms with Crippen molar-refractivity contribution in [2.24, 2.45) is 11.8 Å². The van der Waals surface area contributed by atoms with Gasteiger partial charge in [-0.25, -0.2) is 4.39 Å². The van der Waals surface area contributed by atoms with Crippen LogP contribution in [0.2, 0.25) is 0 Å². The van der Waals surface area contributed by atoms with Crippen LogP contribution < -0.4 is 5.32 Å². The van der Waals surface area contributed by atoms with Crippen LogP contribution in [0, 0.1) is 17.7 Å². The lowest BCUT2D eigenvalue weighted by atomic mass is 9.85. The van der Waals surface area contributed by atoms with Crippen molar-refractivity contribution in [1.29, 1.82) is 0 Å². The first kappa shape index (κ1) is 14.5. The van der Waals surface area contributed by atoms with Crippen molar-refractivity contribution in [3.8, 4) is 0 Å². The highest BCUT2D eigenvalue weighted by Crippen LogP contribution is 2.33. The molecule has 1 nitrogen and oxygen atoms in total. The molecule has 1 aromatic carbocycles. The molecule has 1 aliphatic carbocycles. The van der Waals surface area contributed by atoms with E-state index in [0.717, 1.165) is 25.4 Å². The van der Waals surface area contributed by atoms with Gasteiger partial charge in [0, 0.05) is 0 Å². The molecule has 1 unspecified atom stereocenters. The van der Waals surface area contributed by atoms with Gasteiger partial charge in [0.05, 0.1) is 0 Å². The Labute approximate surface area is 116 Å². The van der Waals surface area contributed by atoms with Crippen molar-refractivity contribution in [2.45, 2.75) is 45.4 Å². The van der Waals surface area contributed by atoms with Crippen molar-refractivity contribution in [1.82, 2.24) is 5.32 Å². The molecule has 19 heavy (non-hydrogen) atoms. The van der Waals surface area contributed by atoms with Gasteiger partial charge in [-0.3, -0.25) is 0 Å². The van der Waals surface area contributed by atoms with Crippen LogP contribution in [0.4, 0.5) is 4.39 Å². The molecule has 0 bridgehead atoms. The molecule has 1 N–H and O–H groups in total. The van der Waals surface area contributed by atoms with Crippen LogP contribution in [0.15, 0.2) is 24.3 Å². The molecule has 1 atom stereocenters. The highest BCUT2D eigenvalue weighted by molar-refractivity contribution is 5.17. The molecular formula is C17H26FN. The molecule has 1 saturated carbocycles. The van der Waals surface area contributed by atoms with Gasteiger partial charge in [0.15, 0.2) is 0 Å². The van der Waals surface area contributed by atoms with E-state index in [-0.39, 0.29) is 5.82 Å². The van der Waals surface area contributed by atoms with E-state index in [0.29, 0.717) is 5.92 Å². The quantitative estimate of drug-likeness (QED) is 0.728. The maximum atomic E-state index is 13.0. The highest BCUT2D eigenvalue weighted by atomic mass is 19.1. The van der Waals surface area contributed by atoms with Crippen LogP contribution in [0.3, 0.4) is 0 Å². The Bertz CT molecular complexity index is 354. The third-order valence-corrected chi connectivity index (χ3v) is 4.31. The minimum atomic E-state index is -0.134. The van der Waals surface area contributed by atoms with Crippen molar-refractivity contribution in [3.05, 3.63) is 35.6 Å². The fourth-order valence-electron chi connectivity index (χ4n) is 3.22. The highest BCUT2D eigenvalue weighted by Gasteiger charge is 2.24. The third-order valence-electron chi connectivity index (χ3n) is 4.31. The van der Waals surface area contributed by atoms with E-state index in [1.165, 1.54) is 37.7 Å². The molecular weight excluding hydrogens is 237 g/mol. The van der Waals surface area contributed by atoms with E-state index in [2.05, 4.69) is 12.2 Å². The van der Waals surface area contributed by atoms with E-state index in [1.807, 2.05) is 12.1 Å². The Hall–Kier alpha value is -0.890. The van der Waals surface area contributed by atoms with Crippen molar-refractivity contribution in [2.75, 3.05) is 13.1 Å². The van der Waals surface area contributed by atoms with Crippen LogP contribution in [-0.2, 0) is 6.42 Å². The number of benzene rings is 1. The second-order valence-corrected chi connectivity index (χ2v) is 5.84. The van der Waals surface area contributed by atoms with E-state index >= 15 is 0 Å². The Morgan fingerprint density at radius 3 is 2.53 bits per heavy atom. The topological polar surface area (TPSA) is 12.0 Å². The maximum Gasteiger partial charge on any atom is 0.123 e. The molecule has 0 radical (unpaired) electrons. The minimum absolute atomic E-state index is 0.134. The summed E-state index contributed by atoms with van der Waals surface area (Å²) in [6.07, 6.45) is 7.80. The summed E-state index contributed by atoms with van der Waals surface area (Å²) in [6.45, 7) is 4.42. The number of rotatable bonds is 7. The summed E-state index contributed by atoms with van der Waals surface area (Å²) >= 11 is 0. The van der Waals surface area contributed by atoms with Crippen LogP contribution >= 0.6 is 0 Å². The average molecular weight is 263 g/mol. The van der Waals surface area contributed by atoms with E-state index in [1.54, 1.807) is 12.1 Å². The zero-order chi connectivity index (χ0) is 13.5. The molecule has 2 heteroatoms. The molecule has 0 aromatic heterocycles. The van der Waals surface area contributed by atoms with Gasteiger partial charge in [0.1, 0.15) is 5.82 Å². The normalized spacial score (nSPS) is 17.8. The van der Waals surface area contributed by atoms with Gasteiger partial charge in [0.25, 0.3) is 0 Å². The second-order valence-electron chi connectivity index (χ2n) is 5.84. The van der Waals surface area contributed by atoms with Crippen LogP contribution in [-0.4, -0.2) is 13.1 Å². The molecule has 0 heterocycles. The first-order valence-corrected chi connectivity index (χ1v) is 7.74. The standard InChI is InChI=1S/C17H26FN/c1-2-11-19-13-16(15-5-3-4-6-15)12-14-7-9-17(18)10-8-14/h7-10,15-16,19H,2-6,11-13H2,1H3. The summed E-state index contributed by atoms with van der Waals surface area (Å²) in [5.74, 6) is 1.43. The van der Waals surface area contributed by atoms with E-state index in [4.69, 9.17) is 0 Å². The molecule has 1 aliphatic rings. The van der Waals surface area contributed by atoms with Gasteiger partial charge in [-0.2, -0.15) is 0 Å². The molecule has 1 aromatic rings. The zero-order valence-corrected chi connectivity index (χ0v) is 12.0. The number of hydrogen-bond donors (Lipinski definition) is 1. The average Bonchev–Trinajstić information content (AvgIpc) is 2.94.